The van der Waals surface area contributed by atoms with Gasteiger partial charge >= 0.3 is 0 Å². The molecule has 6 nitrogen and oxygen atoms in total. The summed E-state index contributed by atoms with van der Waals surface area (Å²) in [5, 5.41) is 2.20. The Morgan fingerprint density at radius 2 is 1.83 bits per heavy atom. The number of rotatable bonds is 5. The molecule has 0 radical (unpaired) electrons. The van der Waals surface area contributed by atoms with Crippen molar-refractivity contribution in [2.45, 2.75) is 10.9 Å². The first-order chi connectivity index (χ1) is 14.7. The molecule has 5 rings (SSSR count). The van der Waals surface area contributed by atoms with Crippen LogP contribution in [0, 0.1) is 0 Å². The van der Waals surface area contributed by atoms with Crippen LogP contribution in [0.3, 0.4) is 0 Å². The van der Waals surface area contributed by atoms with Crippen molar-refractivity contribution in [1.29, 1.82) is 0 Å². The first-order valence-electron chi connectivity index (χ1n) is 9.24. The highest BCUT2D eigenvalue weighted by Gasteiger charge is 2.26. The predicted octanol–water partition coefficient (Wildman–Crippen LogP) is 5.40. The first kappa shape index (κ1) is 18.8. The van der Waals surface area contributed by atoms with Crippen LogP contribution in [0.2, 0.25) is 0 Å². The van der Waals surface area contributed by atoms with Crippen LogP contribution in [0.4, 0.5) is 5.13 Å². The fourth-order valence-electron chi connectivity index (χ4n) is 3.15. The molecule has 0 aliphatic rings. The van der Waals surface area contributed by atoms with Crippen LogP contribution in [-0.4, -0.2) is 27.9 Å². The Labute approximate surface area is 180 Å². The minimum Gasteiger partial charge on any atom is -0.451 e. The van der Waals surface area contributed by atoms with Crippen LogP contribution in [-0.2, 0) is 5.75 Å². The molecule has 8 heteroatoms. The van der Waals surface area contributed by atoms with Crippen LogP contribution in [0.15, 0.2) is 76.6 Å². The van der Waals surface area contributed by atoms with E-state index in [4.69, 9.17) is 4.42 Å². The lowest BCUT2D eigenvalue weighted by atomic mass is 10.1. The molecule has 3 heterocycles. The number of thioether (sulfide) groups is 1. The number of carbonyl (C=O) groups is 1. The van der Waals surface area contributed by atoms with Gasteiger partial charge < -0.3 is 4.42 Å². The van der Waals surface area contributed by atoms with Gasteiger partial charge in [0.15, 0.2) is 16.0 Å². The Balaban J connectivity index is 1.51. The Bertz CT molecular complexity index is 1310. The Kier molecular flexibility index (Phi) is 4.94. The summed E-state index contributed by atoms with van der Waals surface area (Å²) in [7, 11) is 1.73. The van der Waals surface area contributed by atoms with E-state index in [1.54, 1.807) is 30.4 Å². The number of hydrogen-bond acceptors (Lipinski definition) is 7. The number of benzene rings is 2. The average Bonchev–Trinajstić information content (AvgIpc) is 3.39. The summed E-state index contributed by atoms with van der Waals surface area (Å²) in [5.41, 5.74) is 2.39. The second kappa shape index (κ2) is 7.89. The molecule has 0 aliphatic heterocycles. The van der Waals surface area contributed by atoms with Gasteiger partial charge in [0.05, 0.1) is 10.2 Å². The van der Waals surface area contributed by atoms with Crippen molar-refractivity contribution in [2.24, 2.45) is 0 Å². The number of amides is 1. The molecule has 0 bridgehead atoms. The van der Waals surface area contributed by atoms with Gasteiger partial charge in [-0.15, -0.1) is 0 Å². The molecule has 0 N–H and O–H groups in total. The molecule has 1 amide bonds. The molecule has 0 saturated carbocycles. The molecule has 148 valence electrons. The summed E-state index contributed by atoms with van der Waals surface area (Å²) in [5.74, 6) is 0.617. The molecule has 5 aromatic rings. The molecule has 0 spiro atoms. The van der Waals surface area contributed by atoms with Crippen LogP contribution in [0.5, 0.6) is 0 Å². The van der Waals surface area contributed by atoms with Crippen LogP contribution in [0.25, 0.3) is 21.2 Å². The van der Waals surface area contributed by atoms with E-state index < -0.39 is 0 Å². The first-order valence-corrected chi connectivity index (χ1v) is 11.0. The van der Waals surface area contributed by atoms with Crippen molar-refractivity contribution in [1.82, 2.24) is 15.0 Å². The van der Waals surface area contributed by atoms with Gasteiger partial charge in [-0.05, 0) is 24.3 Å². The molecular formula is C22H16N4O2S2. The average molecular weight is 433 g/mol. The molecule has 0 fully saturated rings. The largest absolute Gasteiger partial charge is 0.451 e. The number of para-hydroxylation sites is 2. The Hall–Kier alpha value is -3.23. The number of hydrogen-bond donors (Lipinski definition) is 0. The van der Waals surface area contributed by atoms with Gasteiger partial charge in [-0.1, -0.05) is 53.4 Å². The van der Waals surface area contributed by atoms with Crippen molar-refractivity contribution in [3.63, 3.8) is 0 Å². The van der Waals surface area contributed by atoms with E-state index in [1.807, 2.05) is 48.5 Å². The van der Waals surface area contributed by atoms with Crippen molar-refractivity contribution < 1.29 is 9.21 Å². The fourth-order valence-corrected chi connectivity index (χ4v) is 4.91. The van der Waals surface area contributed by atoms with E-state index in [1.165, 1.54) is 23.1 Å². The van der Waals surface area contributed by atoms with Crippen molar-refractivity contribution in [3.8, 4) is 0 Å². The van der Waals surface area contributed by atoms with Gasteiger partial charge in [-0.2, -0.15) is 0 Å². The molecule has 0 saturated heterocycles. The minimum absolute atomic E-state index is 0.227. The predicted molar refractivity (Wildman–Crippen MR) is 120 cm³/mol. The van der Waals surface area contributed by atoms with Gasteiger partial charge in [0.2, 0.25) is 0 Å². The Morgan fingerprint density at radius 1 is 1.07 bits per heavy atom. The van der Waals surface area contributed by atoms with E-state index in [0.29, 0.717) is 27.4 Å². The number of furan rings is 1. The summed E-state index contributed by atoms with van der Waals surface area (Å²) in [4.78, 5) is 28.0. The quantitative estimate of drug-likeness (QED) is 0.273. The highest BCUT2D eigenvalue weighted by Crippen LogP contribution is 2.34. The number of aromatic nitrogens is 3. The summed E-state index contributed by atoms with van der Waals surface area (Å²) in [6, 6.07) is 17.3. The summed E-state index contributed by atoms with van der Waals surface area (Å²) < 4.78 is 7.03. The molecular weight excluding hydrogens is 416 g/mol. The standard InChI is InChI=1S/C22H16N4O2S2/c1-26(22-25-16-8-3-5-10-18(16)30-22)20(27)19-15(13-29-21-23-11-6-12-24-21)14-7-2-4-9-17(14)28-19/h2-12H,13H2,1H3. The van der Waals surface area contributed by atoms with E-state index in [0.717, 1.165) is 21.2 Å². The number of thiazole rings is 1. The van der Waals surface area contributed by atoms with E-state index >= 15 is 0 Å². The molecule has 3 aromatic heterocycles. The monoisotopic (exact) mass is 432 g/mol. The van der Waals surface area contributed by atoms with E-state index in [-0.39, 0.29) is 5.91 Å². The van der Waals surface area contributed by atoms with Crippen LogP contribution in [0.1, 0.15) is 16.1 Å². The molecule has 2 aromatic carbocycles. The van der Waals surface area contributed by atoms with Gasteiger partial charge in [0, 0.05) is 36.1 Å². The van der Waals surface area contributed by atoms with Crippen LogP contribution >= 0.6 is 23.1 Å². The number of anilines is 1. The SMILES string of the molecule is CN(C(=O)c1oc2ccccc2c1CSc1ncccn1)c1nc2ccccc2s1. The topological polar surface area (TPSA) is 72.1 Å². The number of carbonyl (C=O) groups excluding carboxylic acids is 1. The molecule has 0 aliphatic carbocycles. The van der Waals surface area contributed by atoms with Gasteiger partial charge in [-0.25, -0.2) is 15.0 Å². The Morgan fingerprint density at radius 3 is 2.67 bits per heavy atom. The van der Waals surface area contributed by atoms with Crippen molar-refractivity contribution in [2.75, 3.05) is 11.9 Å². The second-order valence-electron chi connectivity index (χ2n) is 6.55. The third-order valence-electron chi connectivity index (χ3n) is 4.65. The summed E-state index contributed by atoms with van der Waals surface area (Å²) >= 11 is 2.95. The molecule has 0 unspecified atom stereocenters. The smallest absolute Gasteiger partial charge is 0.295 e. The maximum absolute atomic E-state index is 13.4. The van der Waals surface area contributed by atoms with Gasteiger partial charge in [0.25, 0.3) is 5.91 Å². The second-order valence-corrected chi connectivity index (χ2v) is 8.51. The summed E-state index contributed by atoms with van der Waals surface area (Å²) in [6.07, 6.45) is 3.41. The lowest BCUT2D eigenvalue weighted by Gasteiger charge is -2.13. The van der Waals surface area contributed by atoms with Crippen molar-refractivity contribution in [3.05, 3.63) is 78.3 Å². The third-order valence-corrected chi connectivity index (χ3v) is 6.67. The zero-order valence-corrected chi connectivity index (χ0v) is 17.6. The third kappa shape index (κ3) is 3.44. The highest BCUT2D eigenvalue weighted by atomic mass is 32.2. The number of fused-ring (bicyclic) bond motifs is 2. The fraction of sp³-hybridized carbons (Fsp3) is 0.0909. The highest BCUT2D eigenvalue weighted by molar-refractivity contribution is 7.98. The zero-order valence-electron chi connectivity index (χ0n) is 16.0. The normalized spacial score (nSPS) is 11.2. The van der Waals surface area contributed by atoms with Gasteiger partial charge in [0.1, 0.15) is 5.58 Å². The molecule has 0 atom stereocenters. The lowest BCUT2D eigenvalue weighted by Crippen LogP contribution is -2.26. The lowest BCUT2D eigenvalue weighted by molar-refractivity contribution is 0.0967. The minimum atomic E-state index is -0.227. The van der Waals surface area contributed by atoms with E-state index in [2.05, 4.69) is 15.0 Å². The van der Waals surface area contributed by atoms with E-state index in [9.17, 15) is 4.79 Å². The van der Waals surface area contributed by atoms with Gasteiger partial charge in [-0.3, -0.25) is 9.69 Å². The number of nitrogens with zero attached hydrogens (tertiary/aromatic N) is 4. The van der Waals surface area contributed by atoms with Crippen LogP contribution < -0.4 is 4.90 Å². The maximum atomic E-state index is 13.4. The summed E-state index contributed by atoms with van der Waals surface area (Å²) in [6.45, 7) is 0. The van der Waals surface area contributed by atoms with Crippen molar-refractivity contribution >= 4 is 55.3 Å². The maximum Gasteiger partial charge on any atom is 0.295 e. The zero-order chi connectivity index (χ0) is 20.5. The molecule has 30 heavy (non-hydrogen) atoms.